The van der Waals surface area contributed by atoms with Crippen LogP contribution in [-0.4, -0.2) is 31.0 Å². The van der Waals surface area contributed by atoms with Gasteiger partial charge in [-0.15, -0.1) is 0 Å². The second-order valence-electron chi connectivity index (χ2n) is 3.67. The maximum Gasteiger partial charge on any atom is 0.288 e. The van der Waals surface area contributed by atoms with Gasteiger partial charge in [0, 0.05) is 13.0 Å². The standard InChI is InChI=1S/C10H15N3O2/c1-11-9(14)8-6-13-10(15-8)7-2-4-12-5-3-7/h6-7,12H,2-5H2,1H3,(H,11,14). The van der Waals surface area contributed by atoms with Crippen LogP contribution in [0.15, 0.2) is 10.6 Å². The molecule has 1 aromatic rings. The molecule has 0 spiro atoms. The van der Waals surface area contributed by atoms with Crippen molar-refractivity contribution >= 4 is 5.91 Å². The van der Waals surface area contributed by atoms with Gasteiger partial charge in [-0.3, -0.25) is 4.79 Å². The van der Waals surface area contributed by atoms with Crippen molar-refractivity contribution in [3.05, 3.63) is 17.8 Å². The first-order valence-corrected chi connectivity index (χ1v) is 5.20. The number of hydrogen-bond acceptors (Lipinski definition) is 4. The van der Waals surface area contributed by atoms with Gasteiger partial charge in [0.15, 0.2) is 5.89 Å². The fraction of sp³-hybridized carbons (Fsp3) is 0.600. The summed E-state index contributed by atoms with van der Waals surface area (Å²) in [5, 5.41) is 5.79. The Morgan fingerprint density at radius 3 is 3.00 bits per heavy atom. The molecule has 5 nitrogen and oxygen atoms in total. The zero-order valence-electron chi connectivity index (χ0n) is 8.75. The molecule has 1 aliphatic heterocycles. The van der Waals surface area contributed by atoms with Crippen LogP contribution in [0.4, 0.5) is 0 Å². The Balaban J connectivity index is 2.08. The number of hydrogen-bond donors (Lipinski definition) is 2. The highest BCUT2D eigenvalue weighted by atomic mass is 16.4. The monoisotopic (exact) mass is 209 g/mol. The SMILES string of the molecule is CNC(=O)c1cnc(C2CCNCC2)o1. The Morgan fingerprint density at radius 1 is 1.60 bits per heavy atom. The quantitative estimate of drug-likeness (QED) is 0.744. The van der Waals surface area contributed by atoms with Crippen LogP contribution in [0.5, 0.6) is 0 Å². The molecule has 15 heavy (non-hydrogen) atoms. The first kappa shape index (κ1) is 10.2. The van der Waals surface area contributed by atoms with Crippen molar-refractivity contribution in [1.82, 2.24) is 15.6 Å². The van der Waals surface area contributed by atoms with E-state index in [1.165, 1.54) is 6.20 Å². The Hall–Kier alpha value is -1.36. The Bertz CT molecular complexity index is 342. The number of carbonyl (C=O) groups excluding carboxylic acids is 1. The molecule has 0 radical (unpaired) electrons. The molecule has 0 bridgehead atoms. The van der Waals surface area contributed by atoms with Crippen LogP contribution in [-0.2, 0) is 0 Å². The van der Waals surface area contributed by atoms with E-state index in [0.29, 0.717) is 17.6 Å². The number of amides is 1. The van der Waals surface area contributed by atoms with Gasteiger partial charge in [-0.2, -0.15) is 0 Å². The summed E-state index contributed by atoms with van der Waals surface area (Å²) in [4.78, 5) is 15.4. The summed E-state index contributed by atoms with van der Waals surface area (Å²) in [6.45, 7) is 1.98. The van der Waals surface area contributed by atoms with E-state index >= 15 is 0 Å². The molecule has 1 fully saturated rings. The highest BCUT2D eigenvalue weighted by Crippen LogP contribution is 2.24. The molecule has 0 atom stereocenters. The number of nitrogens with one attached hydrogen (secondary N) is 2. The number of carbonyl (C=O) groups is 1. The van der Waals surface area contributed by atoms with Gasteiger partial charge in [0.25, 0.3) is 5.91 Å². The average Bonchev–Trinajstić information content (AvgIpc) is 2.78. The molecule has 0 unspecified atom stereocenters. The summed E-state index contributed by atoms with van der Waals surface area (Å²) in [7, 11) is 1.58. The van der Waals surface area contributed by atoms with Crippen molar-refractivity contribution in [3.8, 4) is 0 Å². The predicted octanol–water partition coefficient (Wildman–Crippen LogP) is 0.501. The normalized spacial score (nSPS) is 17.7. The lowest BCUT2D eigenvalue weighted by Gasteiger charge is -2.19. The van der Waals surface area contributed by atoms with Crippen LogP contribution in [0.1, 0.15) is 35.2 Å². The van der Waals surface area contributed by atoms with Gasteiger partial charge in [-0.1, -0.05) is 0 Å². The van der Waals surface area contributed by atoms with E-state index in [2.05, 4.69) is 15.6 Å². The first-order valence-electron chi connectivity index (χ1n) is 5.20. The van der Waals surface area contributed by atoms with Crippen LogP contribution in [0.3, 0.4) is 0 Å². The van der Waals surface area contributed by atoms with E-state index < -0.39 is 0 Å². The predicted molar refractivity (Wildman–Crippen MR) is 54.7 cm³/mol. The summed E-state index contributed by atoms with van der Waals surface area (Å²) >= 11 is 0. The van der Waals surface area contributed by atoms with Gasteiger partial charge < -0.3 is 15.1 Å². The average molecular weight is 209 g/mol. The lowest BCUT2D eigenvalue weighted by Crippen LogP contribution is -2.26. The van der Waals surface area contributed by atoms with Crippen molar-refractivity contribution < 1.29 is 9.21 Å². The largest absolute Gasteiger partial charge is 0.435 e. The number of rotatable bonds is 2. The van der Waals surface area contributed by atoms with Gasteiger partial charge >= 0.3 is 0 Å². The third-order valence-electron chi connectivity index (χ3n) is 2.66. The van der Waals surface area contributed by atoms with Crippen LogP contribution >= 0.6 is 0 Å². The molecular formula is C10H15N3O2. The van der Waals surface area contributed by atoms with Crippen molar-refractivity contribution in [2.75, 3.05) is 20.1 Å². The summed E-state index contributed by atoms with van der Waals surface area (Å²) in [5.41, 5.74) is 0. The van der Waals surface area contributed by atoms with Gasteiger partial charge in [0.1, 0.15) is 0 Å². The smallest absolute Gasteiger partial charge is 0.288 e. The number of aromatic nitrogens is 1. The number of nitrogens with zero attached hydrogens (tertiary/aromatic N) is 1. The second kappa shape index (κ2) is 4.44. The van der Waals surface area contributed by atoms with Crippen LogP contribution < -0.4 is 10.6 Å². The Morgan fingerprint density at radius 2 is 2.33 bits per heavy atom. The zero-order chi connectivity index (χ0) is 10.7. The van der Waals surface area contributed by atoms with E-state index in [4.69, 9.17) is 4.42 Å². The molecule has 1 saturated heterocycles. The molecule has 0 aliphatic carbocycles. The molecule has 1 aliphatic rings. The fourth-order valence-corrected chi connectivity index (χ4v) is 1.77. The van der Waals surface area contributed by atoms with Crippen molar-refractivity contribution in [3.63, 3.8) is 0 Å². The maximum absolute atomic E-state index is 11.3. The minimum atomic E-state index is -0.220. The summed E-state index contributed by atoms with van der Waals surface area (Å²) in [6.07, 6.45) is 3.54. The molecule has 1 aromatic heterocycles. The van der Waals surface area contributed by atoms with E-state index in [9.17, 15) is 4.79 Å². The zero-order valence-corrected chi connectivity index (χ0v) is 8.75. The highest BCUT2D eigenvalue weighted by molar-refractivity contribution is 5.90. The molecular weight excluding hydrogens is 194 g/mol. The first-order chi connectivity index (χ1) is 7.31. The van der Waals surface area contributed by atoms with Gasteiger partial charge in [-0.25, -0.2) is 4.98 Å². The Kier molecular flexibility index (Phi) is 3.01. The summed E-state index contributed by atoms with van der Waals surface area (Å²) < 4.78 is 5.42. The molecule has 2 rings (SSSR count). The minimum absolute atomic E-state index is 0.220. The number of piperidine rings is 1. The van der Waals surface area contributed by atoms with Crippen molar-refractivity contribution in [2.45, 2.75) is 18.8 Å². The molecule has 2 N–H and O–H groups in total. The molecule has 82 valence electrons. The maximum atomic E-state index is 11.3. The van der Waals surface area contributed by atoms with Gasteiger partial charge in [-0.05, 0) is 25.9 Å². The van der Waals surface area contributed by atoms with Crippen molar-refractivity contribution in [1.29, 1.82) is 0 Å². The number of oxazole rings is 1. The van der Waals surface area contributed by atoms with E-state index in [1.807, 2.05) is 0 Å². The van der Waals surface area contributed by atoms with Crippen molar-refractivity contribution in [2.24, 2.45) is 0 Å². The van der Waals surface area contributed by atoms with Gasteiger partial charge in [0.2, 0.25) is 5.76 Å². The van der Waals surface area contributed by atoms with E-state index in [0.717, 1.165) is 25.9 Å². The molecule has 1 amide bonds. The minimum Gasteiger partial charge on any atom is -0.435 e. The van der Waals surface area contributed by atoms with E-state index in [1.54, 1.807) is 7.05 Å². The molecule has 5 heteroatoms. The van der Waals surface area contributed by atoms with Crippen LogP contribution in [0, 0.1) is 0 Å². The summed E-state index contributed by atoms with van der Waals surface area (Å²) in [6, 6.07) is 0. The van der Waals surface area contributed by atoms with Crippen LogP contribution in [0.2, 0.25) is 0 Å². The third-order valence-corrected chi connectivity index (χ3v) is 2.66. The van der Waals surface area contributed by atoms with Gasteiger partial charge in [0.05, 0.1) is 6.20 Å². The highest BCUT2D eigenvalue weighted by Gasteiger charge is 2.21. The Labute approximate surface area is 88.3 Å². The third kappa shape index (κ3) is 2.18. The molecule has 0 saturated carbocycles. The van der Waals surface area contributed by atoms with Crippen LogP contribution in [0.25, 0.3) is 0 Å². The lowest BCUT2D eigenvalue weighted by molar-refractivity contribution is 0.0932. The summed E-state index contributed by atoms with van der Waals surface area (Å²) in [5.74, 6) is 1.12. The fourth-order valence-electron chi connectivity index (χ4n) is 1.77. The van der Waals surface area contributed by atoms with E-state index in [-0.39, 0.29) is 5.91 Å². The molecule has 0 aromatic carbocycles. The topological polar surface area (TPSA) is 67.2 Å². The lowest BCUT2D eigenvalue weighted by atomic mass is 9.98. The molecule has 2 heterocycles. The second-order valence-corrected chi connectivity index (χ2v) is 3.67.